The van der Waals surface area contributed by atoms with Crippen LogP contribution in [0.25, 0.3) is 0 Å². The van der Waals surface area contributed by atoms with Gasteiger partial charge in [0, 0.05) is 11.9 Å². The summed E-state index contributed by atoms with van der Waals surface area (Å²) in [5.41, 5.74) is 2.37. The van der Waals surface area contributed by atoms with Crippen LogP contribution in [-0.4, -0.2) is 10.5 Å². The highest BCUT2D eigenvalue weighted by Crippen LogP contribution is 2.27. The fraction of sp³-hybridized carbons (Fsp3) is 0.294. The topological polar surface area (TPSA) is 51.1 Å². The molecule has 6 heteroatoms. The number of aryl methyl sites for hydroxylation is 1. The normalized spacial score (nSPS) is 10.9. The van der Waals surface area contributed by atoms with E-state index < -0.39 is 5.56 Å². The Labute approximate surface area is 145 Å². The number of aromatic nitrogens is 1. The second-order valence-electron chi connectivity index (χ2n) is 5.68. The van der Waals surface area contributed by atoms with Gasteiger partial charge in [-0.2, -0.15) is 0 Å². The second-order valence-corrected chi connectivity index (χ2v) is 6.52. The maximum atomic E-state index is 12.3. The van der Waals surface area contributed by atoms with Crippen LogP contribution in [0.3, 0.4) is 0 Å². The van der Waals surface area contributed by atoms with E-state index >= 15 is 0 Å². The van der Waals surface area contributed by atoms with Crippen LogP contribution in [-0.2, 0) is 11.3 Å². The Morgan fingerprint density at radius 2 is 2.00 bits per heavy atom. The molecule has 0 saturated heterocycles. The van der Waals surface area contributed by atoms with Gasteiger partial charge in [-0.05, 0) is 30.0 Å². The minimum atomic E-state index is -0.444. The molecule has 23 heavy (non-hydrogen) atoms. The molecule has 1 aromatic carbocycles. The fourth-order valence-electron chi connectivity index (χ4n) is 2.36. The SMILES string of the molecule is Cc1cccc(C(C)C)c1NC(=O)Cn1cc(Cl)cc(Cl)c1=O. The monoisotopic (exact) mass is 352 g/mol. The van der Waals surface area contributed by atoms with Gasteiger partial charge in [-0.25, -0.2) is 0 Å². The van der Waals surface area contributed by atoms with Gasteiger partial charge in [-0.3, -0.25) is 9.59 Å². The molecule has 1 amide bonds. The van der Waals surface area contributed by atoms with Crippen LogP contribution >= 0.6 is 23.2 Å². The number of hydrogen-bond donors (Lipinski definition) is 1. The molecule has 4 nitrogen and oxygen atoms in total. The van der Waals surface area contributed by atoms with Crippen LogP contribution in [0.15, 0.2) is 35.3 Å². The van der Waals surface area contributed by atoms with Crippen molar-refractivity contribution in [1.82, 2.24) is 4.57 Å². The third-order valence-electron chi connectivity index (χ3n) is 3.51. The Morgan fingerprint density at radius 3 is 2.65 bits per heavy atom. The molecule has 0 bridgehead atoms. The number of carbonyl (C=O) groups excluding carboxylic acids is 1. The standard InChI is InChI=1S/C17H18Cl2N2O2/c1-10(2)13-6-4-5-11(3)16(13)20-15(22)9-21-8-12(18)7-14(19)17(21)23/h4-8,10H,9H2,1-3H3,(H,20,22). The number of nitrogens with one attached hydrogen (secondary N) is 1. The number of anilines is 1. The lowest BCUT2D eigenvalue weighted by Gasteiger charge is -2.17. The molecule has 0 spiro atoms. The molecule has 0 aliphatic rings. The third-order valence-corrected chi connectivity index (χ3v) is 3.99. The third kappa shape index (κ3) is 4.15. The molecule has 122 valence electrons. The van der Waals surface area contributed by atoms with Gasteiger partial charge in [0.05, 0.1) is 5.02 Å². The van der Waals surface area contributed by atoms with Crippen LogP contribution in [0.1, 0.15) is 30.9 Å². The summed E-state index contributed by atoms with van der Waals surface area (Å²) in [6.07, 6.45) is 1.40. The van der Waals surface area contributed by atoms with E-state index in [2.05, 4.69) is 19.2 Å². The van der Waals surface area contributed by atoms with Crippen LogP contribution in [0, 0.1) is 6.92 Å². The molecule has 0 aliphatic carbocycles. The van der Waals surface area contributed by atoms with Gasteiger partial charge in [-0.15, -0.1) is 0 Å². The van der Waals surface area contributed by atoms with E-state index in [0.29, 0.717) is 5.02 Å². The van der Waals surface area contributed by atoms with Crippen molar-refractivity contribution < 1.29 is 4.79 Å². The number of hydrogen-bond acceptors (Lipinski definition) is 2. The van der Waals surface area contributed by atoms with E-state index in [1.54, 1.807) is 0 Å². The predicted octanol–water partition coefficient (Wildman–Crippen LogP) is 4.23. The van der Waals surface area contributed by atoms with Crippen LogP contribution < -0.4 is 10.9 Å². The zero-order valence-electron chi connectivity index (χ0n) is 13.2. The van der Waals surface area contributed by atoms with Gasteiger partial charge >= 0.3 is 0 Å². The highest BCUT2D eigenvalue weighted by molar-refractivity contribution is 6.34. The van der Waals surface area contributed by atoms with Gasteiger partial charge < -0.3 is 9.88 Å². The second kappa shape index (κ2) is 7.20. The Kier molecular flexibility index (Phi) is 5.50. The lowest BCUT2D eigenvalue weighted by atomic mass is 9.98. The lowest BCUT2D eigenvalue weighted by molar-refractivity contribution is -0.116. The molecule has 0 fully saturated rings. The maximum absolute atomic E-state index is 12.3. The molecule has 1 N–H and O–H groups in total. The van der Waals surface area contributed by atoms with Crippen molar-refractivity contribution in [2.45, 2.75) is 33.2 Å². The minimum Gasteiger partial charge on any atom is -0.324 e. The summed E-state index contributed by atoms with van der Waals surface area (Å²) < 4.78 is 1.20. The zero-order chi connectivity index (χ0) is 17.1. The van der Waals surface area contributed by atoms with Crippen LogP contribution in [0.4, 0.5) is 5.69 Å². The molecular weight excluding hydrogens is 335 g/mol. The van der Waals surface area contributed by atoms with E-state index in [4.69, 9.17) is 23.2 Å². The number of nitrogens with zero attached hydrogens (tertiary/aromatic N) is 1. The molecule has 0 radical (unpaired) electrons. The van der Waals surface area contributed by atoms with Crippen LogP contribution in [0.5, 0.6) is 0 Å². The first-order chi connectivity index (χ1) is 10.8. The van der Waals surface area contributed by atoms with Crippen molar-refractivity contribution in [3.8, 4) is 0 Å². The van der Waals surface area contributed by atoms with Crippen molar-refractivity contribution in [2.24, 2.45) is 0 Å². The highest BCUT2D eigenvalue weighted by Gasteiger charge is 2.13. The summed E-state index contributed by atoms with van der Waals surface area (Å²) in [6.45, 7) is 5.91. The van der Waals surface area contributed by atoms with Gasteiger partial charge in [0.2, 0.25) is 5.91 Å². The van der Waals surface area contributed by atoms with Gasteiger partial charge in [-0.1, -0.05) is 55.2 Å². The first-order valence-electron chi connectivity index (χ1n) is 7.24. The molecule has 2 rings (SSSR count). The highest BCUT2D eigenvalue weighted by atomic mass is 35.5. The van der Waals surface area contributed by atoms with Gasteiger partial charge in [0.25, 0.3) is 5.56 Å². The number of para-hydroxylation sites is 1. The molecule has 2 aromatic rings. The molecular formula is C17H18Cl2N2O2. The molecule has 0 saturated carbocycles. The fourth-order valence-corrected chi connectivity index (χ4v) is 2.87. The summed E-state index contributed by atoms with van der Waals surface area (Å²) in [5, 5.41) is 3.19. The van der Waals surface area contributed by atoms with E-state index in [0.717, 1.165) is 16.8 Å². The average molecular weight is 353 g/mol. The van der Waals surface area contributed by atoms with E-state index in [9.17, 15) is 9.59 Å². The molecule has 1 heterocycles. The quantitative estimate of drug-likeness (QED) is 0.895. The molecule has 0 aliphatic heterocycles. The summed E-state index contributed by atoms with van der Waals surface area (Å²) in [4.78, 5) is 24.3. The van der Waals surface area contributed by atoms with Crippen LogP contribution in [0.2, 0.25) is 10.0 Å². The average Bonchev–Trinajstić information content (AvgIpc) is 2.46. The predicted molar refractivity (Wildman–Crippen MR) is 94.6 cm³/mol. The summed E-state index contributed by atoms with van der Waals surface area (Å²) in [6, 6.07) is 7.24. The van der Waals surface area contributed by atoms with Gasteiger partial charge in [0.15, 0.2) is 0 Å². The number of halogens is 2. The van der Waals surface area contributed by atoms with Crippen molar-refractivity contribution in [3.05, 3.63) is 62.0 Å². The molecule has 0 atom stereocenters. The van der Waals surface area contributed by atoms with Crippen molar-refractivity contribution in [3.63, 3.8) is 0 Å². The lowest BCUT2D eigenvalue weighted by Crippen LogP contribution is -2.28. The largest absolute Gasteiger partial charge is 0.324 e. The maximum Gasteiger partial charge on any atom is 0.269 e. The number of pyridine rings is 1. The molecule has 1 aromatic heterocycles. The van der Waals surface area contributed by atoms with E-state index in [-0.39, 0.29) is 23.4 Å². The summed E-state index contributed by atoms with van der Waals surface area (Å²) in [7, 11) is 0. The van der Waals surface area contributed by atoms with Crippen molar-refractivity contribution in [1.29, 1.82) is 0 Å². The smallest absolute Gasteiger partial charge is 0.269 e. The number of benzene rings is 1. The first kappa shape index (κ1) is 17.6. The number of carbonyl (C=O) groups is 1. The Morgan fingerprint density at radius 1 is 1.30 bits per heavy atom. The summed E-state index contributed by atoms with van der Waals surface area (Å²) in [5.74, 6) is -0.0322. The zero-order valence-corrected chi connectivity index (χ0v) is 14.7. The van der Waals surface area contributed by atoms with E-state index in [1.807, 2.05) is 25.1 Å². The van der Waals surface area contributed by atoms with Crippen molar-refractivity contribution >= 4 is 34.8 Å². The van der Waals surface area contributed by atoms with E-state index in [1.165, 1.54) is 16.8 Å². The Balaban J connectivity index is 2.26. The van der Waals surface area contributed by atoms with Crippen molar-refractivity contribution in [2.75, 3.05) is 5.32 Å². The molecule has 0 unspecified atom stereocenters. The van der Waals surface area contributed by atoms with Gasteiger partial charge in [0.1, 0.15) is 11.6 Å². The minimum absolute atomic E-state index is 0.0101. The number of amides is 1. The Hall–Kier alpha value is -1.78. The first-order valence-corrected chi connectivity index (χ1v) is 8.00. The Bertz CT molecular complexity index is 798. The number of rotatable bonds is 4. The summed E-state index contributed by atoms with van der Waals surface area (Å²) >= 11 is 11.7.